The Bertz CT molecular complexity index is 697. The van der Waals surface area contributed by atoms with Gasteiger partial charge < -0.3 is 14.6 Å². The summed E-state index contributed by atoms with van der Waals surface area (Å²) in [5.41, 5.74) is 3.57. The van der Waals surface area contributed by atoms with Crippen LogP contribution in [0, 0.1) is 0 Å². The van der Waals surface area contributed by atoms with Gasteiger partial charge in [-0.3, -0.25) is 9.78 Å². The van der Waals surface area contributed by atoms with Crippen molar-refractivity contribution in [3.63, 3.8) is 0 Å². The molecule has 5 heteroatoms. The van der Waals surface area contributed by atoms with Crippen LogP contribution in [0.2, 0.25) is 0 Å². The van der Waals surface area contributed by atoms with E-state index in [0.29, 0.717) is 19.2 Å². The Morgan fingerprint density at radius 1 is 1.35 bits per heavy atom. The van der Waals surface area contributed by atoms with Crippen LogP contribution in [0.5, 0.6) is 0 Å². The van der Waals surface area contributed by atoms with Gasteiger partial charge in [0.15, 0.2) is 0 Å². The number of fused-ring (bicyclic) bond motifs is 1. The van der Waals surface area contributed by atoms with Crippen molar-refractivity contribution >= 4 is 0 Å². The summed E-state index contributed by atoms with van der Waals surface area (Å²) in [6, 6.07) is 10.1. The lowest BCUT2D eigenvalue weighted by Crippen LogP contribution is -2.37. The number of nitrogens with one attached hydrogen (secondary N) is 1. The van der Waals surface area contributed by atoms with Crippen LogP contribution in [0.3, 0.4) is 0 Å². The predicted octanol–water partition coefficient (Wildman–Crippen LogP) is 1.54. The van der Waals surface area contributed by atoms with Crippen LogP contribution in [0.25, 0.3) is 0 Å². The number of rotatable bonds is 6. The predicted molar refractivity (Wildman–Crippen MR) is 89.5 cm³/mol. The highest BCUT2D eigenvalue weighted by Crippen LogP contribution is 2.20. The second kappa shape index (κ2) is 7.53. The lowest BCUT2D eigenvalue weighted by molar-refractivity contribution is 0.184. The monoisotopic (exact) mass is 313 g/mol. The molecule has 23 heavy (non-hydrogen) atoms. The van der Waals surface area contributed by atoms with E-state index in [4.69, 9.17) is 4.74 Å². The van der Waals surface area contributed by atoms with Gasteiger partial charge in [0.2, 0.25) is 0 Å². The minimum Gasteiger partial charge on any atom is -0.383 e. The van der Waals surface area contributed by atoms with Gasteiger partial charge in [0.05, 0.1) is 12.3 Å². The summed E-state index contributed by atoms with van der Waals surface area (Å²) in [5.74, 6) is 0. The van der Waals surface area contributed by atoms with E-state index in [1.54, 1.807) is 13.2 Å². The van der Waals surface area contributed by atoms with E-state index in [0.717, 1.165) is 31.5 Å². The number of methoxy groups -OCH3 is 1. The number of hydrogen-bond acceptors (Lipinski definition) is 4. The molecule has 0 aromatic carbocycles. The Balaban J connectivity index is 1.68. The Kier molecular flexibility index (Phi) is 5.20. The highest BCUT2D eigenvalue weighted by molar-refractivity contribution is 5.25. The lowest BCUT2D eigenvalue weighted by Gasteiger charge is -2.27. The Labute approximate surface area is 136 Å². The molecule has 0 radical (unpaired) electrons. The van der Waals surface area contributed by atoms with E-state index < -0.39 is 0 Å². The van der Waals surface area contributed by atoms with Crippen molar-refractivity contribution in [2.75, 3.05) is 13.7 Å². The molecule has 1 N–H and O–H groups in total. The number of pyridine rings is 2. The summed E-state index contributed by atoms with van der Waals surface area (Å²) in [6.45, 7) is 1.98. The zero-order chi connectivity index (χ0) is 16.1. The normalized spacial score (nSPS) is 17.0. The van der Waals surface area contributed by atoms with Gasteiger partial charge in [0, 0.05) is 44.2 Å². The molecule has 0 spiro atoms. The Morgan fingerprint density at radius 2 is 2.26 bits per heavy atom. The smallest absolute Gasteiger partial charge is 0.250 e. The molecule has 2 heterocycles. The molecule has 0 saturated carbocycles. The molecular formula is C18H23N3O2. The molecule has 3 rings (SSSR count). The molecule has 0 fully saturated rings. The van der Waals surface area contributed by atoms with Crippen molar-refractivity contribution in [3.05, 3.63) is 63.8 Å². The molecule has 5 nitrogen and oxygen atoms in total. The fourth-order valence-corrected chi connectivity index (χ4v) is 3.18. The molecule has 2 aromatic heterocycles. The fraction of sp³-hybridized carbons (Fsp3) is 0.444. The maximum Gasteiger partial charge on any atom is 0.250 e. The van der Waals surface area contributed by atoms with Crippen molar-refractivity contribution in [2.45, 2.75) is 38.4 Å². The first-order chi connectivity index (χ1) is 11.3. The van der Waals surface area contributed by atoms with Crippen molar-refractivity contribution in [3.8, 4) is 0 Å². The van der Waals surface area contributed by atoms with Crippen LogP contribution in [0.1, 0.15) is 23.4 Å². The fourth-order valence-electron chi connectivity index (χ4n) is 3.18. The van der Waals surface area contributed by atoms with Crippen LogP contribution in [0.4, 0.5) is 0 Å². The zero-order valence-corrected chi connectivity index (χ0v) is 13.5. The van der Waals surface area contributed by atoms with Crippen LogP contribution < -0.4 is 10.9 Å². The third-order valence-corrected chi connectivity index (χ3v) is 4.40. The van der Waals surface area contributed by atoms with Crippen molar-refractivity contribution in [1.82, 2.24) is 14.9 Å². The average Bonchev–Trinajstić information content (AvgIpc) is 2.60. The van der Waals surface area contributed by atoms with Gasteiger partial charge in [0.25, 0.3) is 5.56 Å². The maximum atomic E-state index is 12.1. The number of aromatic nitrogens is 2. The number of ether oxygens (including phenoxy) is 1. The van der Waals surface area contributed by atoms with Crippen LogP contribution >= 0.6 is 0 Å². The summed E-state index contributed by atoms with van der Waals surface area (Å²) in [7, 11) is 1.66. The topological polar surface area (TPSA) is 56.1 Å². The second-order valence-corrected chi connectivity index (χ2v) is 5.93. The van der Waals surface area contributed by atoms with Gasteiger partial charge in [-0.15, -0.1) is 0 Å². The molecule has 122 valence electrons. The van der Waals surface area contributed by atoms with E-state index in [9.17, 15) is 4.79 Å². The van der Waals surface area contributed by atoms with E-state index in [1.807, 2.05) is 35.0 Å². The van der Waals surface area contributed by atoms with Crippen molar-refractivity contribution in [2.24, 2.45) is 0 Å². The van der Waals surface area contributed by atoms with Crippen LogP contribution in [-0.2, 0) is 30.7 Å². The molecule has 0 saturated heterocycles. The van der Waals surface area contributed by atoms with Gasteiger partial charge in [-0.1, -0.05) is 12.1 Å². The van der Waals surface area contributed by atoms with E-state index in [-0.39, 0.29) is 5.56 Å². The quantitative estimate of drug-likeness (QED) is 0.879. The third-order valence-electron chi connectivity index (χ3n) is 4.40. The van der Waals surface area contributed by atoms with E-state index in [1.165, 1.54) is 11.3 Å². The second-order valence-electron chi connectivity index (χ2n) is 5.93. The minimum absolute atomic E-state index is 0.0701. The van der Waals surface area contributed by atoms with Gasteiger partial charge in [-0.2, -0.15) is 0 Å². The SMILES string of the molecule is COCCn1c2c(ccc1=O)C[C@H](NCc1ccccn1)CC2. The Morgan fingerprint density at radius 3 is 3.04 bits per heavy atom. The first kappa shape index (κ1) is 15.9. The third kappa shape index (κ3) is 3.86. The maximum absolute atomic E-state index is 12.1. The largest absolute Gasteiger partial charge is 0.383 e. The van der Waals surface area contributed by atoms with Gasteiger partial charge >= 0.3 is 0 Å². The molecule has 0 amide bonds. The highest BCUT2D eigenvalue weighted by atomic mass is 16.5. The molecular weight excluding hydrogens is 290 g/mol. The summed E-state index contributed by atoms with van der Waals surface area (Å²) in [4.78, 5) is 16.4. The zero-order valence-electron chi connectivity index (χ0n) is 13.5. The number of hydrogen-bond donors (Lipinski definition) is 1. The standard InChI is InChI=1S/C18H23N3O2/c1-23-11-10-21-17-7-6-15(12-14(17)5-8-18(21)22)20-13-16-4-2-3-9-19-16/h2-5,8-9,15,20H,6-7,10-13H2,1H3/t15-/m1/s1. The molecule has 1 aliphatic carbocycles. The highest BCUT2D eigenvalue weighted by Gasteiger charge is 2.21. The molecule has 0 aliphatic heterocycles. The van der Waals surface area contributed by atoms with Crippen molar-refractivity contribution in [1.29, 1.82) is 0 Å². The molecule has 1 aliphatic rings. The molecule has 0 bridgehead atoms. The lowest BCUT2D eigenvalue weighted by atomic mass is 9.91. The summed E-state index contributed by atoms with van der Waals surface area (Å²) < 4.78 is 6.99. The molecule has 0 unspecified atom stereocenters. The average molecular weight is 313 g/mol. The van der Waals surface area contributed by atoms with E-state index >= 15 is 0 Å². The number of nitrogens with zero attached hydrogens (tertiary/aromatic N) is 2. The summed E-state index contributed by atoms with van der Waals surface area (Å²) >= 11 is 0. The van der Waals surface area contributed by atoms with Crippen LogP contribution in [0.15, 0.2) is 41.3 Å². The molecule has 2 aromatic rings. The minimum atomic E-state index is 0.0701. The van der Waals surface area contributed by atoms with Crippen molar-refractivity contribution < 1.29 is 4.74 Å². The first-order valence-electron chi connectivity index (χ1n) is 8.12. The van der Waals surface area contributed by atoms with Gasteiger partial charge in [-0.25, -0.2) is 0 Å². The summed E-state index contributed by atoms with van der Waals surface area (Å²) in [5, 5.41) is 3.58. The molecule has 1 atom stereocenters. The van der Waals surface area contributed by atoms with Crippen LogP contribution in [-0.4, -0.2) is 29.3 Å². The Hall–Kier alpha value is -1.98. The van der Waals surface area contributed by atoms with Gasteiger partial charge in [0.1, 0.15) is 0 Å². The van der Waals surface area contributed by atoms with Gasteiger partial charge in [-0.05, 0) is 37.0 Å². The van der Waals surface area contributed by atoms with E-state index in [2.05, 4.69) is 10.3 Å². The summed E-state index contributed by atoms with van der Waals surface area (Å²) in [6.07, 6.45) is 4.74. The first-order valence-corrected chi connectivity index (χ1v) is 8.12.